The molecule has 0 saturated heterocycles. The van der Waals surface area contributed by atoms with Crippen LogP contribution in [0.4, 0.5) is 0 Å². The first-order valence-corrected chi connectivity index (χ1v) is 9.49. The highest BCUT2D eigenvalue weighted by atomic mass is 16.5. The monoisotopic (exact) mass is 387 g/mol. The number of esters is 1. The van der Waals surface area contributed by atoms with Gasteiger partial charge >= 0.3 is 5.97 Å². The fourth-order valence-corrected chi connectivity index (χ4v) is 3.20. The zero-order valence-corrected chi connectivity index (χ0v) is 16.3. The third-order valence-electron chi connectivity index (χ3n) is 4.69. The summed E-state index contributed by atoms with van der Waals surface area (Å²) in [5, 5.41) is 8.66. The van der Waals surface area contributed by atoms with Crippen LogP contribution in [0.15, 0.2) is 71.4 Å². The molecule has 0 radical (unpaired) electrons. The molecule has 0 N–H and O–H groups in total. The minimum Gasteiger partial charge on any atom is -0.457 e. The quantitative estimate of drug-likeness (QED) is 0.446. The molecule has 0 aliphatic heterocycles. The molecule has 4 rings (SSSR count). The maximum Gasteiger partial charge on any atom is 0.344 e. The second-order valence-corrected chi connectivity index (χ2v) is 6.64. The van der Waals surface area contributed by atoms with Gasteiger partial charge < -0.3 is 9.26 Å². The number of aryl methyl sites for hydroxylation is 2. The lowest BCUT2D eigenvalue weighted by atomic mass is 10.1. The molecule has 0 spiro atoms. The zero-order chi connectivity index (χ0) is 20.2. The van der Waals surface area contributed by atoms with Gasteiger partial charge in [-0.3, -0.25) is 0 Å². The molecule has 6 nitrogen and oxygen atoms in total. The van der Waals surface area contributed by atoms with Crippen molar-refractivity contribution in [2.75, 3.05) is 0 Å². The first kappa shape index (κ1) is 18.7. The molecule has 0 aliphatic rings. The average molecular weight is 387 g/mol. The molecule has 146 valence electrons. The Morgan fingerprint density at radius 1 is 1.07 bits per heavy atom. The minimum atomic E-state index is -0.438. The topological polar surface area (TPSA) is 70.2 Å². The van der Waals surface area contributed by atoms with Crippen molar-refractivity contribution >= 4 is 5.97 Å². The van der Waals surface area contributed by atoms with Gasteiger partial charge in [-0.15, -0.1) is 0 Å². The SMILES string of the molecule is CCc1noc(C)c1C(=O)OCc1cn(-c2ccccc2)nc1-c1ccccc1. The van der Waals surface area contributed by atoms with Crippen molar-refractivity contribution in [1.29, 1.82) is 0 Å². The fraction of sp³-hybridized carbons (Fsp3) is 0.174. The Kier molecular flexibility index (Phi) is 5.24. The van der Waals surface area contributed by atoms with Crippen LogP contribution in [-0.2, 0) is 17.8 Å². The van der Waals surface area contributed by atoms with Crippen LogP contribution in [0.5, 0.6) is 0 Å². The molecule has 0 saturated carbocycles. The summed E-state index contributed by atoms with van der Waals surface area (Å²) in [7, 11) is 0. The van der Waals surface area contributed by atoms with Gasteiger partial charge in [-0.25, -0.2) is 9.48 Å². The van der Waals surface area contributed by atoms with Gasteiger partial charge in [0.1, 0.15) is 17.9 Å². The number of nitrogens with zero attached hydrogens (tertiary/aromatic N) is 3. The van der Waals surface area contributed by atoms with E-state index in [2.05, 4.69) is 5.16 Å². The summed E-state index contributed by atoms with van der Waals surface area (Å²) < 4.78 is 12.6. The van der Waals surface area contributed by atoms with E-state index in [1.165, 1.54) is 0 Å². The van der Waals surface area contributed by atoms with E-state index in [1.807, 2.05) is 73.8 Å². The van der Waals surface area contributed by atoms with Crippen molar-refractivity contribution < 1.29 is 14.1 Å². The van der Waals surface area contributed by atoms with Crippen LogP contribution in [0.1, 0.15) is 34.3 Å². The number of aromatic nitrogens is 3. The summed E-state index contributed by atoms with van der Waals surface area (Å²) in [6.45, 7) is 3.74. The Morgan fingerprint density at radius 3 is 2.45 bits per heavy atom. The number of carbonyl (C=O) groups is 1. The van der Waals surface area contributed by atoms with Crippen LogP contribution in [0.2, 0.25) is 0 Å². The molecule has 29 heavy (non-hydrogen) atoms. The van der Waals surface area contributed by atoms with Crippen LogP contribution < -0.4 is 0 Å². The van der Waals surface area contributed by atoms with E-state index in [9.17, 15) is 4.79 Å². The van der Waals surface area contributed by atoms with Gasteiger partial charge in [0.15, 0.2) is 0 Å². The lowest BCUT2D eigenvalue weighted by Crippen LogP contribution is -2.08. The molecule has 0 atom stereocenters. The Labute approximate surface area is 168 Å². The summed E-state index contributed by atoms with van der Waals surface area (Å²) in [6.07, 6.45) is 2.50. The number of rotatable bonds is 6. The Hall–Kier alpha value is -3.67. The number of ether oxygens (including phenoxy) is 1. The van der Waals surface area contributed by atoms with Gasteiger partial charge in [0.05, 0.1) is 17.1 Å². The third-order valence-corrected chi connectivity index (χ3v) is 4.69. The van der Waals surface area contributed by atoms with E-state index in [0.29, 0.717) is 23.4 Å². The Morgan fingerprint density at radius 2 is 1.76 bits per heavy atom. The van der Waals surface area contributed by atoms with Crippen LogP contribution in [0.3, 0.4) is 0 Å². The molecule has 6 heteroatoms. The van der Waals surface area contributed by atoms with Crippen LogP contribution in [0.25, 0.3) is 16.9 Å². The van der Waals surface area contributed by atoms with Crippen molar-refractivity contribution in [3.05, 3.63) is 89.4 Å². The molecule has 2 heterocycles. The van der Waals surface area contributed by atoms with Gasteiger partial charge in [0, 0.05) is 17.3 Å². The molecular formula is C23H21N3O3. The van der Waals surface area contributed by atoms with E-state index in [4.69, 9.17) is 14.4 Å². The van der Waals surface area contributed by atoms with Gasteiger partial charge in [0.2, 0.25) is 0 Å². The lowest BCUT2D eigenvalue weighted by molar-refractivity contribution is 0.0470. The maximum atomic E-state index is 12.7. The fourth-order valence-electron chi connectivity index (χ4n) is 3.20. The predicted octanol–water partition coefficient (Wildman–Crippen LogP) is 4.76. The van der Waals surface area contributed by atoms with Crippen molar-refractivity contribution in [2.24, 2.45) is 0 Å². The molecule has 0 amide bonds. The molecule has 4 aromatic rings. The maximum absolute atomic E-state index is 12.7. The summed E-state index contributed by atoms with van der Waals surface area (Å²) >= 11 is 0. The van der Waals surface area contributed by atoms with E-state index >= 15 is 0 Å². The van der Waals surface area contributed by atoms with Crippen molar-refractivity contribution in [1.82, 2.24) is 14.9 Å². The summed E-state index contributed by atoms with van der Waals surface area (Å²) in [5.41, 5.74) is 4.51. The number of benzene rings is 2. The molecule has 0 aliphatic carbocycles. The van der Waals surface area contributed by atoms with E-state index < -0.39 is 5.97 Å². The number of carbonyl (C=O) groups excluding carboxylic acids is 1. The van der Waals surface area contributed by atoms with Crippen LogP contribution in [0, 0.1) is 6.92 Å². The largest absolute Gasteiger partial charge is 0.457 e. The normalized spacial score (nSPS) is 10.8. The average Bonchev–Trinajstić information content (AvgIpc) is 3.37. The van der Waals surface area contributed by atoms with Gasteiger partial charge in [-0.2, -0.15) is 5.10 Å². The van der Waals surface area contributed by atoms with E-state index in [0.717, 1.165) is 22.5 Å². The van der Waals surface area contributed by atoms with Crippen LogP contribution in [-0.4, -0.2) is 20.9 Å². The van der Waals surface area contributed by atoms with Crippen LogP contribution >= 0.6 is 0 Å². The van der Waals surface area contributed by atoms with Crippen molar-refractivity contribution in [3.8, 4) is 16.9 Å². The molecule has 0 bridgehead atoms. The zero-order valence-electron chi connectivity index (χ0n) is 16.3. The Bertz CT molecular complexity index is 1110. The highest BCUT2D eigenvalue weighted by molar-refractivity contribution is 5.91. The summed E-state index contributed by atoms with van der Waals surface area (Å²) in [4.78, 5) is 12.7. The first-order chi connectivity index (χ1) is 14.2. The van der Waals surface area contributed by atoms with E-state index in [-0.39, 0.29) is 6.61 Å². The van der Waals surface area contributed by atoms with E-state index in [1.54, 1.807) is 11.6 Å². The van der Waals surface area contributed by atoms with Gasteiger partial charge in [-0.1, -0.05) is 60.6 Å². The second kappa shape index (κ2) is 8.14. The highest BCUT2D eigenvalue weighted by Gasteiger charge is 2.22. The van der Waals surface area contributed by atoms with Crippen molar-refractivity contribution in [2.45, 2.75) is 26.9 Å². The standard InChI is InChI=1S/C23H21N3O3/c1-3-20-21(16(2)29-25-20)23(27)28-15-18-14-26(19-12-8-5-9-13-19)24-22(18)17-10-6-4-7-11-17/h4-14H,3,15H2,1-2H3. The predicted molar refractivity (Wildman–Crippen MR) is 109 cm³/mol. The molecule has 2 aromatic carbocycles. The first-order valence-electron chi connectivity index (χ1n) is 9.49. The molecular weight excluding hydrogens is 366 g/mol. The smallest absolute Gasteiger partial charge is 0.344 e. The van der Waals surface area contributed by atoms with Gasteiger partial charge in [0.25, 0.3) is 0 Å². The number of hydrogen-bond donors (Lipinski definition) is 0. The highest BCUT2D eigenvalue weighted by Crippen LogP contribution is 2.25. The van der Waals surface area contributed by atoms with Gasteiger partial charge in [-0.05, 0) is 25.5 Å². The third kappa shape index (κ3) is 3.82. The summed E-state index contributed by atoms with van der Waals surface area (Å²) in [5.74, 6) is 0.0298. The molecule has 2 aromatic heterocycles. The molecule has 0 fully saturated rings. The lowest BCUT2D eigenvalue weighted by Gasteiger charge is -2.05. The minimum absolute atomic E-state index is 0.101. The summed E-state index contributed by atoms with van der Waals surface area (Å²) in [6, 6.07) is 19.7. The number of hydrogen-bond acceptors (Lipinski definition) is 5. The van der Waals surface area contributed by atoms with Crippen molar-refractivity contribution in [3.63, 3.8) is 0 Å². The second-order valence-electron chi connectivity index (χ2n) is 6.64. The molecule has 0 unspecified atom stereocenters. The Balaban J connectivity index is 1.65. The number of para-hydroxylation sites is 1.